The van der Waals surface area contributed by atoms with E-state index in [0.717, 1.165) is 5.69 Å². The monoisotopic (exact) mass is 281 g/mol. The summed E-state index contributed by atoms with van der Waals surface area (Å²) in [6.45, 7) is 5.51. The third-order valence-corrected chi connectivity index (χ3v) is 3.40. The van der Waals surface area contributed by atoms with E-state index in [0.29, 0.717) is 11.4 Å². The Balaban J connectivity index is 2.42. The van der Waals surface area contributed by atoms with Crippen molar-refractivity contribution in [3.63, 3.8) is 0 Å². The molecule has 2 aromatic heterocycles. The average molecular weight is 281 g/mol. The molecule has 102 valence electrons. The van der Waals surface area contributed by atoms with Crippen LogP contribution in [0.2, 0.25) is 0 Å². The lowest BCUT2D eigenvalue weighted by Gasteiger charge is -2.08. The van der Waals surface area contributed by atoms with Crippen molar-refractivity contribution >= 4 is 22.2 Å². The van der Waals surface area contributed by atoms with E-state index in [9.17, 15) is 9.59 Å². The summed E-state index contributed by atoms with van der Waals surface area (Å²) in [5.74, 6) is -0.575. The minimum atomic E-state index is -0.575. The Labute approximate surface area is 114 Å². The molecule has 0 saturated carbocycles. The number of hydrogen-bond donors (Lipinski definition) is 1. The molecule has 2 aromatic rings. The molecule has 0 bridgehead atoms. The van der Waals surface area contributed by atoms with Gasteiger partial charge >= 0.3 is 0 Å². The van der Waals surface area contributed by atoms with E-state index in [-0.39, 0.29) is 17.2 Å². The molecule has 0 aromatic carbocycles. The number of aryl methyl sites for hydroxylation is 1. The van der Waals surface area contributed by atoms with Gasteiger partial charge in [-0.2, -0.15) is 0 Å². The van der Waals surface area contributed by atoms with Gasteiger partial charge in [0.15, 0.2) is 4.96 Å². The maximum Gasteiger partial charge on any atom is 0.282 e. The molecule has 7 heteroatoms. The molecule has 0 fully saturated rings. The van der Waals surface area contributed by atoms with Gasteiger partial charge in [-0.1, -0.05) is 6.92 Å². The first-order chi connectivity index (χ1) is 9.04. The van der Waals surface area contributed by atoms with Crippen molar-refractivity contribution in [2.45, 2.75) is 33.3 Å². The standard InChI is InChI=1S/C12H15N3O3S/c1-4-8-6-19-12-13-5-9(11(17)15(8)12)10(16)14-18-7(2)3/h5-7H,4H2,1-3H3,(H,14,16). The summed E-state index contributed by atoms with van der Waals surface area (Å²) in [7, 11) is 0. The lowest BCUT2D eigenvalue weighted by atomic mass is 10.3. The van der Waals surface area contributed by atoms with Crippen molar-refractivity contribution in [3.8, 4) is 0 Å². The molecule has 6 nitrogen and oxygen atoms in total. The molecule has 0 atom stereocenters. The van der Waals surface area contributed by atoms with Crippen LogP contribution in [-0.4, -0.2) is 21.4 Å². The van der Waals surface area contributed by atoms with Gasteiger partial charge < -0.3 is 0 Å². The van der Waals surface area contributed by atoms with Crippen LogP contribution in [-0.2, 0) is 11.3 Å². The Morgan fingerprint density at radius 3 is 2.95 bits per heavy atom. The molecule has 1 amide bonds. The van der Waals surface area contributed by atoms with Crippen LogP contribution >= 0.6 is 11.3 Å². The Morgan fingerprint density at radius 1 is 1.58 bits per heavy atom. The van der Waals surface area contributed by atoms with Crippen molar-refractivity contribution in [1.82, 2.24) is 14.9 Å². The number of rotatable bonds is 4. The largest absolute Gasteiger partial charge is 0.282 e. The molecule has 2 rings (SSSR count). The van der Waals surface area contributed by atoms with Crippen molar-refractivity contribution < 1.29 is 9.63 Å². The predicted molar refractivity (Wildman–Crippen MR) is 72.4 cm³/mol. The van der Waals surface area contributed by atoms with Gasteiger partial charge in [0.2, 0.25) is 0 Å². The van der Waals surface area contributed by atoms with Gasteiger partial charge in [-0.15, -0.1) is 11.3 Å². The summed E-state index contributed by atoms with van der Waals surface area (Å²) in [4.78, 5) is 33.8. The summed E-state index contributed by atoms with van der Waals surface area (Å²) in [6, 6.07) is 0. The second kappa shape index (κ2) is 5.50. The molecule has 2 heterocycles. The van der Waals surface area contributed by atoms with Crippen LogP contribution in [0.25, 0.3) is 4.96 Å². The summed E-state index contributed by atoms with van der Waals surface area (Å²) >= 11 is 1.38. The molecule has 0 spiro atoms. The SMILES string of the molecule is CCc1csc2ncc(C(=O)NOC(C)C)c(=O)n12. The number of nitrogens with one attached hydrogen (secondary N) is 1. The molecular formula is C12H15N3O3S. The van der Waals surface area contributed by atoms with Crippen molar-refractivity contribution in [1.29, 1.82) is 0 Å². The van der Waals surface area contributed by atoms with Crippen LogP contribution in [0, 0.1) is 0 Å². The Morgan fingerprint density at radius 2 is 2.32 bits per heavy atom. The number of aromatic nitrogens is 2. The first-order valence-electron chi connectivity index (χ1n) is 5.98. The fraction of sp³-hybridized carbons (Fsp3) is 0.417. The molecular weight excluding hydrogens is 266 g/mol. The molecule has 0 aliphatic carbocycles. The highest BCUT2D eigenvalue weighted by Gasteiger charge is 2.16. The van der Waals surface area contributed by atoms with Gasteiger partial charge in [0.25, 0.3) is 11.5 Å². The molecule has 0 radical (unpaired) electrons. The fourth-order valence-electron chi connectivity index (χ4n) is 1.57. The maximum atomic E-state index is 12.3. The fourth-order valence-corrected chi connectivity index (χ4v) is 2.51. The van der Waals surface area contributed by atoms with Gasteiger partial charge in [-0.3, -0.25) is 18.8 Å². The van der Waals surface area contributed by atoms with Gasteiger partial charge in [-0.25, -0.2) is 10.5 Å². The van der Waals surface area contributed by atoms with E-state index in [4.69, 9.17) is 4.84 Å². The summed E-state index contributed by atoms with van der Waals surface area (Å²) in [6.07, 6.45) is 1.83. The number of carbonyl (C=O) groups excluding carboxylic acids is 1. The van der Waals surface area contributed by atoms with E-state index in [1.807, 2.05) is 12.3 Å². The first-order valence-corrected chi connectivity index (χ1v) is 6.86. The first kappa shape index (κ1) is 13.7. The third kappa shape index (κ3) is 2.66. The smallest absolute Gasteiger partial charge is 0.271 e. The molecule has 1 N–H and O–H groups in total. The third-order valence-electron chi connectivity index (χ3n) is 2.51. The van der Waals surface area contributed by atoms with Gasteiger partial charge in [0, 0.05) is 17.3 Å². The highest BCUT2D eigenvalue weighted by molar-refractivity contribution is 7.15. The maximum absolute atomic E-state index is 12.3. The van der Waals surface area contributed by atoms with E-state index < -0.39 is 5.91 Å². The summed E-state index contributed by atoms with van der Waals surface area (Å²) in [5.41, 5.74) is 2.70. The highest BCUT2D eigenvalue weighted by atomic mass is 32.1. The van der Waals surface area contributed by atoms with Crippen molar-refractivity contribution in [3.05, 3.63) is 33.2 Å². The lowest BCUT2D eigenvalue weighted by molar-refractivity contribution is 0.0000527. The number of hydroxylamine groups is 1. The number of hydrogen-bond acceptors (Lipinski definition) is 5. The van der Waals surface area contributed by atoms with Crippen LogP contribution in [0.5, 0.6) is 0 Å². The van der Waals surface area contributed by atoms with Crippen molar-refractivity contribution in [2.24, 2.45) is 0 Å². The summed E-state index contributed by atoms with van der Waals surface area (Å²) < 4.78 is 1.47. The van der Waals surface area contributed by atoms with Crippen LogP contribution in [0.15, 0.2) is 16.4 Å². The molecule has 0 saturated heterocycles. The van der Waals surface area contributed by atoms with Gasteiger partial charge in [0.05, 0.1) is 6.10 Å². The van der Waals surface area contributed by atoms with Gasteiger partial charge in [0.1, 0.15) is 5.56 Å². The quantitative estimate of drug-likeness (QED) is 0.860. The van der Waals surface area contributed by atoms with E-state index in [1.165, 1.54) is 21.9 Å². The Bertz CT molecular complexity index is 660. The molecule has 0 aliphatic rings. The Kier molecular flexibility index (Phi) is 3.96. The topological polar surface area (TPSA) is 72.7 Å². The van der Waals surface area contributed by atoms with Crippen LogP contribution in [0.1, 0.15) is 36.8 Å². The molecule has 0 unspecified atom stereocenters. The number of carbonyl (C=O) groups is 1. The van der Waals surface area contributed by atoms with Crippen LogP contribution < -0.4 is 11.0 Å². The highest BCUT2D eigenvalue weighted by Crippen LogP contribution is 2.12. The Hall–Kier alpha value is -1.73. The normalized spacial score (nSPS) is 11.2. The van der Waals surface area contributed by atoms with E-state index >= 15 is 0 Å². The predicted octanol–water partition coefficient (Wildman–Crippen LogP) is 1.39. The number of thiazole rings is 1. The van der Waals surface area contributed by atoms with Gasteiger partial charge in [-0.05, 0) is 20.3 Å². The number of fused-ring (bicyclic) bond motifs is 1. The number of amides is 1. The second-order valence-corrected chi connectivity index (χ2v) is 5.11. The van der Waals surface area contributed by atoms with E-state index in [2.05, 4.69) is 10.5 Å². The second-order valence-electron chi connectivity index (χ2n) is 4.27. The zero-order valence-electron chi connectivity index (χ0n) is 11.0. The average Bonchev–Trinajstić information content (AvgIpc) is 2.80. The lowest BCUT2D eigenvalue weighted by Crippen LogP contribution is -2.33. The van der Waals surface area contributed by atoms with Crippen LogP contribution in [0.3, 0.4) is 0 Å². The molecule has 0 aliphatic heterocycles. The number of nitrogens with zero attached hydrogens (tertiary/aromatic N) is 2. The van der Waals surface area contributed by atoms with Crippen LogP contribution in [0.4, 0.5) is 0 Å². The van der Waals surface area contributed by atoms with Crippen molar-refractivity contribution in [2.75, 3.05) is 0 Å². The minimum Gasteiger partial charge on any atom is -0.271 e. The summed E-state index contributed by atoms with van der Waals surface area (Å²) in [5, 5.41) is 1.87. The molecule has 19 heavy (non-hydrogen) atoms. The minimum absolute atomic E-state index is 0.0220. The zero-order chi connectivity index (χ0) is 14.0. The van der Waals surface area contributed by atoms with E-state index in [1.54, 1.807) is 13.8 Å². The zero-order valence-corrected chi connectivity index (χ0v) is 11.8.